The van der Waals surface area contributed by atoms with Gasteiger partial charge in [-0.25, -0.2) is 0 Å². The van der Waals surface area contributed by atoms with Crippen LogP contribution in [0.2, 0.25) is 0 Å². The molecule has 0 radical (unpaired) electrons. The van der Waals surface area contributed by atoms with Crippen molar-refractivity contribution >= 4 is 34.7 Å². The minimum atomic E-state index is -1.97. The van der Waals surface area contributed by atoms with Crippen LogP contribution in [0.4, 0.5) is 11.4 Å². The van der Waals surface area contributed by atoms with Gasteiger partial charge in [0.25, 0.3) is 22.8 Å². The first-order valence-corrected chi connectivity index (χ1v) is 10.8. The Labute approximate surface area is 206 Å². The summed E-state index contributed by atoms with van der Waals surface area (Å²) >= 11 is 0. The van der Waals surface area contributed by atoms with E-state index < -0.39 is 36.5 Å². The van der Waals surface area contributed by atoms with Crippen molar-refractivity contribution in [1.82, 2.24) is 0 Å². The molecule has 0 aromatic heterocycles. The Morgan fingerprint density at radius 1 is 0.541 bits per heavy atom. The summed E-state index contributed by atoms with van der Waals surface area (Å²) in [6.45, 7) is 0. The van der Waals surface area contributed by atoms with Crippen molar-refractivity contribution in [3.63, 3.8) is 0 Å². The highest BCUT2D eigenvalue weighted by Crippen LogP contribution is 2.64. The van der Waals surface area contributed by atoms with Gasteiger partial charge in [0.2, 0.25) is 5.41 Å². The normalized spacial score (nSPS) is 17.6. The van der Waals surface area contributed by atoms with Gasteiger partial charge in [-0.1, -0.05) is 0 Å². The van der Waals surface area contributed by atoms with E-state index in [-0.39, 0.29) is 22.5 Å². The molecule has 37 heavy (non-hydrogen) atoms. The number of nitrogens with zero attached hydrogens (tertiary/aromatic N) is 4. The van der Waals surface area contributed by atoms with E-state index in [9.17, 15) is 40.5 Å². The lowest BCUT2D eigenvalue weighted by molar-refractivity contribution is -0.465. The van der Waals surface area contributed by atoms with Crippen molar-refractivity contribution in [1.29, 1.82) is 0 Å². The van der Waals surface area contributed by atoms with E-state index in [2.05, 4.69) is 0 Å². The van der Waals surface area contributed by atoms with Crippen LogP contribution in [-0.2, 0) is 0 Å². The lowest BCUT2D eigenvalue weighted by Crippen LogP contribution is -2.39. The molecule has 0 bridgehead atoms. The predicted octanol–water partition coefficient (Wildman–Crippen LogP) is 5.10. The fourth-order valence-electron chi connectivity index (χ4n) is 5.59. The number of benzene rings is 2. The van der Waals surface area contributed by atoms with Crippen LogP contribution >= 0.6 is 0 Å². The van der Waals surface area contributed by atoms with Gasteiger partial charge in [-0.3, -0.25) is 40.5 Å². The molecule has 0 amide bonds. The lowest BCUT2D eigenvalue weighted by Gasteiger charge is -2.36. The number of fused-ring (bicyclic) bond motifs is 8. The third kappa shape index (κ3) is 2.77. The average molecular weight is 496 g/mol. The SMILES string of the molecule is O=[N+]([O-])C1=CC=C2C(=Cc3cc([N+](=O)[O-])ccc32)C12C1=Cc3cc([N+](=O)[O-])ccc3C1=CC=C2[N+](=O)[O-]. The van der Waals surface area contributed by atoms with Crippen molar-refractivity contribution in [2.75, 3.05) is 0 Å². The molecule has 0 saturated carbocycles. The summed E-state index contributed by atoms with van der Waals surface area (Å²) in [5, 5.41) is 47.5. The van der Waals surface area contributed by atoms with Crippen LogP contribution in [0.25, 0.3) is 23.3 Å². The summed E-state index contributed by atoms with van der Waals surface area (Å²) in [7, 11) is 0. The molecule has 2 aromatic rings. The van der Waals surface area contributed by atoms with Crippen LogP contribution in [0.5, 0.6) is 0 Å². The number of allylic oxidation sites excluding steroid dienone is 6. The maximum atomic E-state index is 12.4. The molecule has 2 aromatic carbocycles. The van der Waals surface area contributed by atoms with Crippen molar-refractivity contribution in [2.24, 2.45) is 5.41 Å². The number of hydrogen-bond donors (Lipinski definition) is 0. The summed E-state index contributed by atoms with van der Waals surface area (Å²) in [6.07, 6.45) is 8.42. The average Bonchev–Trinajstić information content (AvgIpc) is 3.42. The van der Waals surface area contributed by atoms with Gasteiger partial charge in [-0.2, -0.15) is 0 Å². The third-order valence-corrected chi connectivity index (χ3v) is 7.04. The Morgan fingerprint density at radius 3 is 1.30 bits per heavy atom. The maximum Gasteiger partial charge on any atom is 0.272 e. The second-order valence-electron chi connectivity index (χ2n) is 8.70. The van der Waals surface area contributed by atoms with E-state index >= 15 is 0 Å². The zero-order valence-corrected chi connectivity index (χ0v) is 18.5. The van der Waals surface area contributed by atoms with Gasteiger partial charge < -0.3 is 0 Å². The molecule has 0 N–H and O–H groups in total. The predicted molar refractivity (Wildman–Crippen MR) is 131 cm³/mol. The second-order valence-corrected chi connectivity index (χ2v) is 8.70. The topological polar surface area (TPSA) is 173 Å². The van der Waals surface area contributed by atoms with Crippen LogP contribution in [0, 0.1) is 45.9 Å². The molecular weight excluding hydrogens is 484 g/mol. The highest BCUT2D eigenvalue weighted by molar-refractivity contribution is 6.06. The minimum Gasteiger partial charge on any atom is -0.259 e. The summed E-state index contributed by atoms with van der Waals surface area (Å²) in [6, 6.07) is 8.26. The Hall–Kier alpha value is -5.52. The van der Waals surface area contributed by atoms with E-state index in [0.29, 0.717) is 33.4 Å². The van der Waals surface area contributed by atoms with Crippen molar-refractivity contribution in [2.45, 2.75) is 0 Å². The molecule has 4 aliphatic rings. The van der Waals surface area contributed by atoms with Gasteiger partial charge in [-0.15, -0.1) is 0 Å². The number of nitro groups is 4. The standard InChI is InChI=1S/C25H12N4O8/c30-26(31)15-1-3-17-13(9-15)11-21-19(17)5-7-23(28(34)35)25(21)22-12-14-10-16(27(32)33)2-4-18(14)20(22)6-8-24(25)29(36)37/h1-12H. The van der Waals surface area contributed by atoms with E-state index in [1.807, 2.05) is 0 Å². The van der Waals surface area contributed by atoms with Crippen molar-refractivity contribution in [3.05, 3.63) is 146 Å². The van der Waals surface area contributed by atoms with Crippen molar-refractivity contribution < 1.29 is 19.7 Å². The Morgan fingerprint density at radius 2 is 0.946 bits per heavy atom. The second kappa shape index (κ2) is 7.24. The van der Waals surface area contributed by atoms with Crippen LogP contribution in [0.3, 0.4) is 0 Å². The largest absolute Gasteiger partial charge is 0.272 e. The first-order valence-electron chi connectivity index (χ1n) is 10.8. The fourth-order valence-corrected chi connectivity index (χ4v) is 5.59. The number of nitro benzene ring substituents is 2. The first kappa shape index (κ1) is 22.0. The first-order chi connectivity index (χ1) is 17.6. The molecule has 0 fully saturated rings. The third-order valence-electron chi connectivity index (χ3n) is 7.04. The zero-order chi connectivity index (χ0) is 26.2. The van der Waals surface area contributed by atoms with Gasteiger partial charge in [0.05, 0.1) is 19.7 Å². The van der Waals surface area contributed by atoms with Gasteiger partial charge in [-0.05, 0) is 81.0 Å². The monoisotopic (exact) mass is 496 g/mol. The summed E-state index contributed by atoms with van der Waals surface area (Å²) in [5.74, 6) is 0. The summed E-state index contributed by atoms with van der Waals surface area (Å²) in [5.41, 5.74) is 0.00556. The molecule has 0 heterocycles. The van der Waals surface area contributed by atoms with Gasteiger partial charge in [0.15, 0.2) is 0 Å². The number of rotatable bonds is 4. The molecule has 0 saturated heterocycles. The van der Waals surface area contributed by atoms with E-state index in [4.69, 9.17) is 0 Å². The van der Waals surface area contributed by atoms with Crippen LogP contribution in [-0.4, -0.2) is 19.7 Å². The molecule has 4 aliphatic carbocycles. The summed E-state index contributed by atoms with van der Waals surface area (Å²) < 4.78 is 0. The van der Waals surface area contributed by atoms with Crippen LogP contribution in [0.15, 0.2) is 83.2 Å². The Balaban J connectivity index is 1.67. The number of hydrogen-bond acceptors (Lipinski definition) is 8. The molecule has 180 valence electrons. The van der Waals surface area contributed by atoms with E-state index in [1.165, 1.54) is 72.9 Å². The van der Waals surface area contributed by atoms with Crippen LogP contribution < -0.4 is 0 Å². The fraction of sp³-hybridized carbons (Fsp3) is 0.0400. The Bertz CT molecular complexity index is 1610. The van der Waals surface area contributed by atoms with E-state index in [0.717, 1.165) is 0 Å². The van der Waals surface area contributed by atoms with Crippen molar-refractivity contribution in [3.8, 4) is 0 Å². The smallest absolute Gasteiger partial charge is 0.259 e. The maximum absolute atomic E-state index is 12.4. The number of non-ortho nitro benzene ring substituents is 2. The quantitative estimate of drug-likeness (QED) is 0.415. The van der Waals surface area contributed by atoms with Gasteiger partial charge in [0, 0.05) is 36.4 Å². The van der Waals surface area contributed by atoms with Crippen LogP contribution in [0.1, 0.15) is 22.3 Å². The molecule has 12 heteroatoms. The molecular formula is C25H12N4O8. The molecule has 0 aliphatic heterocycles. The van der Waals surface area contributed by atoms with Gasteiger partial charge in [0.1, 0.15) is 0 Å². The molecule has 12 nitrogen and oxygen atoms in total. The molecule has 6 rings (SSSR count). The van der Waals surface area contributed by atoms with Gasteiger partial charge >= 0.3 is 0 Å². The Kier molecular flexibility index (Phi) is 4.30. The lowest BCUT2D eigenvalue weighted by atomic mass is 9.61. The zero-order valence-electron chi connectivity index (χ0n) is 18.5. The molecule has 0 atom stereocenters. The minimum absolute atomic E-state index is 0.194. The highest BCUT2D eigenvalue weighted by atomic mass is 16.6. The molecule has 0 unspecified atom stereocenters. The highest BCUT2D eigenvalue weighted by Gasteiger charge is 2.63. The van der Waals surface area contributed by atoms with E-state index in [1.54, 1.807) is 0 Å². The molecule has 1 spiro atoms. The summed E-state index contributed by atoms with van der Waals surface area (Å²) in [4.78, 5) is 45.0.